The molecule has 0 radical (unpaired) electrons. The second-order valence-corrected chi connectivity index (χ2v) is 3.41. The first-order valence-corrected chi connectivity index (χ1v) is 4.42. The van der Waals surface area contributed by atoms with Crippen LogP contribution in [0.2, 0.25) is 0 Å². The summed E-state index contributed by atoms with van der Waals surface area (Å²) in [5, 5.41) is 0. The molecule has 1 aliphatic carbocycles. The quantitative estimate of drug-likeness (QED) is 0.620. The van der Waals surface area contributed by atoms with E-state index in [-0.39, 0.29) is 5.92 Å². The SMILES string of the molecule is O=C[C@H](c1ccccc1)C1CC1. The van der Waals surface area contributed by atoms with Gasteiger partial charge in [0.15, 0.2) is 0 Å². The Balaban J connectivity index is 2.21. The standard InChI is InChI=1S/C11H12O/c12-8-11(10-6-7-10)9-4-2-1-3-5-9/h1-5,8,10-11H,6-7H2/t11-/m1/s1. The summed E-state index contributed by atoms with van der Waals surface area (Å²) >= 11 is 0. The van der Waals surface area contributed by atoms with Crippen LogP contribution in [0.25, 0.3) is 0 Å². The van der Waals surface area contributed by atoms with Gasteiger partial charge in [0.25, 0.3) is 0 Å². The van der Waals surface area contributed by atoms with Gasteiger partial charge in [-0.3, -0.25) is 0 Å². The Kier molecular flexibility index (Phi) is 1.94. The number of rotatable bonds is 3. The lowest BCUT2D eigenvalue weighted by Crippen LogP contribution is -2.01. The van der Waals surface area contributed by atoms with Gasteiger partial charge in [-0.2, -0.15) is 0 Å². The van der Waals surface area contributed by atoms with Gasteiger partial charge in [-0.1, -0.05) is 30.3 Å². The van der Waals surface area contributed by atoms with Gasteiger partial charge in [0, 0.05) is 5.92 Å². The third kappa shape index (κ3) is 1.40. The molecule has 12 heavy (non-hydrogen) atoms. The molecular weight excluding hydrogens is 148 g/mol. The zero-order valence-electron chi connectivity index (χ0n) is 6.94. The van der Waals surface area contributed by atoms with Crippen molar-refractivity contribution in [2.75, 3.05) is 0 Å². The van der Waals surface area contributed by atoms with E-state index in [0.717, 1.165) is 6.29 Å². The molecule has 1 saturated carbocycles. The smallest absolute Gasteiger partial charge is 0.127 e. The van der Waals surface area contributed by atoms with E-state index >= 15 is 0 Å². The van der Waals surface area contributed by atoms with E-state index in [1.54, 1.807) is 0 Å². The summed E-state index contributed by atoms with van der Waals surface area (Å²) in [6, 6.07) is 10.1. The molecule has 1 aromatic carbocycles. The molecule has 0 aromatic heterocycles. The van der Waals surface area contributed by atoms with Crippen molar-refractivity contribution in [2.24, 2.45) is 5.92 Å². The molecule has 1 fully saturated rings. The zero-order chi connectivity index (χ0) is 8.39. The summed E-state index contributed by atoms with van der Waals surface area (Å²) in [7, 11) is 0. The highest BCUT2D eigenvalue weighted by Crippen LogP contribution is 2.41. The van der Waals surface area contributed by atoms with Crippen molar-refractivity contribution in [3.05, 3.63) is 35.9 Å². The third-order valence-corrected chi connectivity index (χ3v) is 2.46. The van der Waals surface area contributed by atoms with Gasteiger partial charge in [-0.15, -0.1) is 0 Å². The average Bonchev–Trinajstić information content (AvgIpc) is 2.92. The number of aldehydes is 1. The minimum atomic E-state index is 0.159. The summed E-state index contributed by atoms with van der Waals surface area (Å²) in [4.78, 5) is 10.8. The minimum absolute atomic E-state index is 0.159. The molecule has 0 saturated heterocycles. The lowest BCUT2D eigenvalue weighted by Gasteiger charge is -2.07. The second-order valence-electron chi connectivity index (χ2n) is 3.41. The molecule has 62 valence electrons. The zero-order valence-corrected chi connectivity index (χ0v) is 6.94. The van der Waals surface area contributed by atoms with Crippen LogP contribution >= 0.6 is 0 Å². The molecule has 1 aromatic rings. The molecule has 0 aliphatic heterocycles. The van der Waals surface area contributed by atoms with Crippen LogP contribution in [-0.2, 0) is 4.79 Å². The van der Waals surface area contributed by atoms with Crippen molar-refractivity contribution in [3.63, 3.8) is 0 Å². The van der Waals surface area contributed by atoms with Crippen LogP contribution in [-0.4, -0.2) is 6.29 Å². The molecular formula is C11H12O. The highest BCUT2D eigenvalue weighted by atomic mass is 16.1. The normalized spacial score (nSPS) is 18.7. The number of hydrogen-bond donors (Lipinski definition) is 0. The van der Waals surface area contributed by atoms with Gasteiger partial charge in [0.1, 0.15) is 6.29 Å². The van der Waals surface area contributed by atoms with Crippen molar-refractivity contribution in [1.29, 1.82) is 0 Å². The van der Waals surface area contributed by atoms with E-state index < -0.39 is 0 Å². The fourth-order valence-electron chi connectivity index (χ4n) is 1.59. The Bertz CT molecular complexity index is 262. The first kappa shape index (κ1) is 7.53. The molecule has 1 nitrogen and oxygen atoms in total. The molecule has 1 aliphatic rings. The Morgan fingerprint density at radius 1 is 1.25 bits per heavy atom. The maximum atomic E-state index is 10.8. The summed E-state index contributed by atoms with van der Waals surface area (Å²) in [5.41, 5.74) is 1.18. The third-order valence-electron chi connectivity index (χ3n) is 2.46. The maximum Gasteiger partial charge on any atom is 0.127 e. The van der Waals surface area contributed by atoms with Crippen molar-refractivity contribution in [2.45, 2.75) is 18.8 Å². The number of benzene rings is 1. The van der Waals surface area contributed by atoms with E-state index in [1.807, 2.05) is 30.3 Å². The van der Waals surface area contributed by atoms with Crippen LogP contribution in [0.3, 0.4) is 0 Å². The van der Waals surface area contributed by atoms with Crippen LogP contribution in [0.5, 0.6) is 0 Å². The fraction of sp³-hybridized carbons (Fsp3) is 0.364. The summed E-state index contributed by atoms with van der Waals surface area (Å²) in [5.74, 6) is 0.788. The van der Waals surface area contributed by atoms with Gasteiger partial charge in [-0.25, -0.2) is 0 Å². The number of carbonyl (C=O) groups is 1. The van der Waals surface area contributed by atoms with E-state index in [2.05, 4.69) is 0 Å². The molecule has 0 heterocycles. The van der Waals surface area contributed by atoms with Crippen molar-refractivity contribution >= 4 is 6.29 Å². The first-order valence-electron chi connectivity index (χ1n) is 4.42. The summed E-state index contributed by atoms with van der Waals surface area (Å²) in [6.45, 7) is 0. The van der Waals surface area contributed by atoms with E-state index in [1.165, 1.54) is 18.4 Å². The Labute approximate surface area is 72.4 Å². The minimum Gasteiger partial charge on any atom is -0.303 e. The van der Waals surface area contributed by atoms with Crippen molar-refractivity contribution in [1.82, 2.24) is 0 Å². The van der Waals surface area contributed by atoms with Gasteiger partial charge in [0.05, 0.1) is 0 Å². The molecule has 0 unspecified atom stereocenters. The fourth-order valence-corrected chi connectivity index (χ4v) is 1.59. The Morgan fingerprint density at radius 2 is 1.92 bits per heavy atom. The highest BCUT2D eigenvalue weighted by molar-refractivity contribution is 5.63. The molecule has 0 spiro atoms. The Hall–Kier alpha value is -1.11. The molecule has 0 bridgehead atoms. The molecule has 0 N–H and O–H groups in total. The molecule has 2 rings (SSSR count). The van der Waals surface area contributed by atoms with E-state index in [4.69, 9.17) is 0 Å². The van der Waals surface area contributed by atoms with Crippen LogP contribution < -0.4 is 0 Å². The lowest BCUT2D eigenvalue weighted by molar-refractivity contribution is -0.109. The maximum absolute atomic E-state index is 10.8. The first-order chi connectivity index (χ1) is 5.92. The lowest BCUT2D eigenvalue weighted by atomic mass is 9.96. The summed E-state index contributed by atoms with van der Waals surface area (Å²) in [6.07, 6.45) is 3.53. The highest BCUT2D eigenvalue weighted by Gasteiger charge is 2.31. The van der Waals surface area contributed by atoms with Crippen LogP contribution in [0.15, 0.2) is 30.3 Å². The Morgan fingerprint density at radius 3 is 2.42 bits per heavy atom. The number of carbonyl (C=O) groups excluding carboxylic acids is 1. The van der Waals surface area contributed by atoms with Crippen LogP contribution in [0.4, 0.5) is 0 Å². The van der Waals surface area contributed by atoms with Gasteiger partial charge >= 0.3 is 0 Å². The van der Waals surface area contributed by atoms with Gasteiger partial charge < -0.3 is 4.79 Å². The topological polar surface area (TPSA) is 17.1 Å². The van der Waals surface area contributed by atoms with E-state index in [0.29, 0.717) is 5.92 Å². The monoisotopic (exact) mass is 160 g/mol. The van der Waals surface area contributed by atoms with E-state index in [9.17, 15) is 4.79 Å². The summed E-state index contributed by atoms with van der Waals surface area (Å²) < 4.78 is 0. The van der Waals surface area contributed by atoms with Gasteiger partial charge in [-0.05, 0) is 24.3 Å². The predicted molar refractivity (Wildman–Crippen MR) is 48.0 cm³/mol. The van der Waals surface area contributed by atoms with Crippen molar-refractivity contribution in [3.8, 4) is 0 Å². The molecule has 1 heteroatoms. The molecule has 0 amide bonds. The largest absolute Gasteiger partial charge is 0.303 e. The number of hydrogen-bond acceptors (Lipinski definition) is 1. The molecule has 1 atom stereocenters. The van der Waals surface area contributed by atoms with Crippen LogP contribution in [0.1, 0.15) is 24.3 Å². The van der Waals surface area contributed by atoms with Gasteiger partial charge in [0.2, 0.25) is 0 Å². The van der Waals surface area contributed by atoms with Crippen LogP contribution in [0, 0.1) is 5.92 Å². The average molecular weight is 160 g/mol. The van der Waals surface area contributed by atoms with Crippen molar-refractivity contribution < 1.29 is 4.79 Å². The predicted octanol–water partition coefficient (Wildman–Crippen LogP) is 2.38. The second kappa shape index (κ2) is 3.10.